The Morgan fingerprint density at radius 1 is 1.05 bits per heavy atom. The van der Waals surface area contributed by atoms with Crippen LogP contribution in [0.2, 0.25) is 0 Å². The molecule has 204 valence electrons. The summed E-state index contributed by atoms with van der Waals surface area (Å²) < 4.78 is 63.8. The summed E-state index contributed by atoms with van der Waals surface area (Å²) in [6.45, 7) is 2.74. The molecule has 0 fully saturated rings. The average Bonchev–Trinajstić information content (AvgIpc) is 2.92. The van der Waals surface area contributed by atoms with Crippen LogP contribution in [0, 0.1) is 5.82 Å². The third-order valence-corrected chi connectivity index (χ3v) is 7.11. The molecule has 1 N–H and O–H groups in total. The minimum absolute atomic E-state index is 0.117. The van der Waals surface area contributed by atoms with Crippen molar-refractivity contribution in [1.82, 2.24) is 4.90 Å². The van der Waals surface area contributed by atoms with Gasteiger partial charge in [-0.2, -0.15) is 13.2 Å². The van der Waals surface area contributed by atoms with Crippen molar-refractivity contribution in [3.05, 3.63) is 87.2 Å². The van der Waals surface area contributed by atoms with Crippen molar-refractivity contribution in [2.45, 2.75) is 25.6 Å². The predicted molar refractivity (Wildman–Crippen MR) is 138 cm³/mol. The fraction of sp³-hybridized carbons (Fsp3) is 0.310. The van der Waals surface area contributed by atoms with Crippen LogP contribution in [0.25, 0.3) is 5.57 Å². The lowest BCUT2D eigenvalue weighted by Crippen LogP contribution is -2.38. The van der Waals surface area contributed by atoms with Gasteiger partial charge in [0.2, 0.25) is 0 Å². The predicted octanol–water partition coefficient (Wildman–Crippen LogP) is 4.35. The molecule has 0 saturated heterocycles. The average molecular weight is 542 g/mol. The molecule has 10 heteroatoms. The van der Waals surface area contributed by atoms with Gasteiger partial charge in [-0.05, 0) is 59.9 Å². The summed E-state index contributed by atoms with van der Waals surface area (Å²) in [5.74, 6) is -0.635. The second-order valence-electron chi connectivity index (χ2n) is 9.51. The highest BCUT2D eigenvalue weighted by molar-refractivity contribution is 6.05. The van der Waals surface area contributed by atoms with Gasteiger partial charge in [-0.15, -0.1) is 0 Å². The summed E-state index contributed by atoms with van der Waals surface area (Å²) in [4.78, 5) is 20.0. The number of benzene rings is 3. The van der Waals surface area contributed by atoms with E-state index in [1.165, 1.54) is 5.57 Å². The van der Waals surface area contributed by atoms with Gasteiger partial charge in [0, 0.05) is 48.7 Å². The summed E-state index contributed by atoms with van der Waals surface area (Å²) in [5, 5.41) is 4.41. The molecule has 0 aliphatic carbocycles. The zero-order valence-corrected chi connectivity index (χ0v) is 21.5. The Hall–Kier alpha value is -3.92. The molecule has 0 atom stereocenters. The molecule has 2 aliphatic rings. The van der Waals surface area contributed by atoms with Crippen LogP contribution in [-0.2, 0) is 19.1 Å². The van der Waals surface area contributed by atoms with E-state index in [0.29, 0.717) is 55.3 Å². The van der Waals surface area contributed by atoms with Crippen molar-refractivity contribution in [3.63, 3.8) is 0 Å². The maximum atomic E-state index is 13.7. The lowest BCUT2D eigenvalue weighted by atomic mass is 9.93. The summed E-state index contributed by atoms with van der Waals surface area (Å²) in [5.41, 5.74) is 1.95. The number of hydrogen-bond donors (Lipinski definition) is 1. The van der Waals surface area contributed by atoms with Gasteiger partial charge in [0.1, 0.15) is 5.82 Å². The molecule has 0 bridgehead atoms. The molecule has 5 rings (SSSR count). The second-order valence-corrected chi connectivity index (χ2v) is 9.51. The molecule has 0 unspecified atom stereocenters. The largest absolute Gasteiger partial charge is 0.493 e. The second kappa shape index (κ2) is 10.7. The number of rotatable bonds is 6. The van der Waals surface area contributed by atoms with E-state index in [0.717, 1.165) is 40.7 Å². The number of carbonyl (C=O) groups is 1. The monoisotopic (exact) mass is 541 g/mol. The van der Waals surface area contributed by atoms with E-state index in [4.69, 9.17) is 9.47 Å². The van der Waals surface area contributed by atoms with E-state index in [-0.39, 0.29) is 5.69 Å². The van der Waals surface area contributed by atoms with Crippen molar-refractivity contribution in [2.24, 2.45) is 4.99 Å². The lowest BCUT2D eigenvalue weighted by molar-refractivity contribution is -0.139. The first-order valence-electron chi connectivity index (χ1n) is 12.5. The Morgan fingerprint density at radius 2 is 1.82 bits per heavy atom. The zero-order chi connectivity index (χ0) is 27.7. The van der Waals surface area contributed by atoms with Gasteiger partial charge in [0.05, 0.1) is 25.1 Å². The van der Waals surface area contributed by atoms with Crippen LogP contribution in [0.1, 0.15) is 33.5 Å². The van der Waals surface area contributed by atoms with Crippen molar-refractivity contribution in [1.29, 1.82) is 0 Å². The first-order chi connectivity index (χ1) is 18.7. The van der Waals surface area contributed by atoms with Crippen molar-refractivity contribution in [3.8, 4) is 11.5 Å². The number of alkyl halides is 3. The standard InChI is InChI=1S/C29H27F4N3O3/c1-38-26-13-22-18(8-10-34-25(22)14-27(26)39-2)16-36-11-9-20-17(15-36)4-3-5-21(20)28(37)35-19-6-7-24(30)23(12-19)29(31,32)33/h3-7,12-14H,8-11,15-16H2,1-2H3,(H,35,37). The van der Waals surface area contributed by atoms with Crippen LogP contribution in [0.3, 0.4) is 0 Å². The molecule has 0 saturated carbocycles. The van der Waals surface area contributed by atoms with E-state index in [2.05, 4.69) is 15.2 Å². The third kappa shape index (κ3) is 5.47. The number of amides is 1. The lowest BCUT2D eigenvalue weighted by Gasteiger charge is -2.31. The smallest absolute Gasteiger partial charge is 0.419 e. The van der Waals surface area contributed by atoms with E-state index in [1.807, 2.05) is 18.2 Å². The zero-order valence-electron chi connectivity index (χ0n) is 21.5. The van der Waals surface area contributed by atoms with E-state index >= 15 is 0 Å². The van der Waals surface area contributed by atoms with Crippen molar-refractivity contribution < 1.29 is 31.8 Å². The summed E-state index contributed by atoms with van der Waals surface area (Å²) in [6, 6.07) is 11.7. The number of carbonyl (C=O) groups excluding carboxylic acids is 1. The van der Waals surface area contributed by atoms with Crippen LogP contribution in [0.15, 0.2) is 53.5 Å². The SMILES string of the molecule is COc1cc2c(cc1OC)=C(CN1CCc3c(cccc3C(=O)Nc3ccc(F)c(C(F)(F)F)c3)C1)CCN=2. The number of fused-ring (bicyclic) bond motifs is 2. The highest BCUT2D eigenvalue weighted by atomic mass is 19.4. The molecule has 0 aromatic heterocycles. The Kier molecular flexibility index (Phi) is 7.31. The molecule has 1 amide bonds. The van der Waals surface area contributed by atoms with Gasteiger partial charge in [0.25, 0.3) is 5.91 Å². The van der Waals surface area contributed by atoms with Gasteiger partial charge >= 0.3 is 6.18 Å². The van der Waals surface area contributed by atoms with Gasteiger partial charge in [0.15, 0.2) is 11.5 Å². The molecule has 0 radical (unpaired) electrons. The number of nitrogens with zero attached hydrogens (tertiary/aromatic N) is 2. The Morgan fingerprint density at radius 3 is 2.56 bits per heavy atom. The fourth-order valence-electron chi connectivity index (χ4n) is 5.20. The molecule has 6 nitrogen and oxygen atoms in total. The number of nitrogens with one attached hydrogen (secondary N) is 1. The maximum absolute atomic E-state index is 13.7. The minimum atomic E-state index is -4.86. The first kappa shape index (κ1) is 26.7. The molecular weight excluding hydrogens is 514 g/mol. The number of methoxy groups -OCH3 is 2. The van der Waals surface area contributed by atoms with E-state index in [1.54, 1.807) is 26.4 Å². The highest BCUT2D eigenvalue weighted by Crippen LogP contribution is 2.33. The van der Waals surface area contributed by atoms with Gasteiger partial charge in [-0.3, -0.25) is 14.7 Å². The normalized spacial score (nSPS) is 15.2. The summed E-state index contributed by atoms with van der Waals surface area (Å²) in [6.07, 6.45) is -3.43. The maximum Gasteiger partial charge on any atom is 0.419 e. The summed E-state index contributed by atoms with van der Waals surface area (Å²) >= 11 is 0. The fourth-order valence-corrected chi connectivity index (χ4v) is 5.20. The van der Waals surface area contributed by atoms with Crippen molar-refractivity contribution >= 4 is 17.2 Å². The van der Waals surface area contributed by atoms with Gasteiger partial charge < -0.3 is 14.8 Å². The van der Waals surface area contributed by atoms with Crippen LogP contribution in [0.4, 0.5) is 23.2 Å². The molecule has 0 spiro atoms. The van der Waals surface area contributed by atoms with Crippen LogP contribution >= 0.6 is 0 Å². The third-order valence-electron chi connectivity index (χ3n) is 7.11. The number of ether oxygens (including phenoxy) is 2. The molecular formula is C29H27F4N3O3. The van der Waals surface area contributed by atoms with E-state index in [9.17, 15) is 22.4 Å². The molecule has 2 aliphatic heterocycles. The van der Waals surface area contributed by atoms with Crippen LogP contribution < -0.4 is 25.4 Å². The highest BCUT2D eigenvalue weighted by Gasteiger charge is 2.34. The number of anilines is 1. The van der Waals surface area contributed by atoms with Crippen LogP contribution in [0.5, 0.6) is 11.5 Å². The quantitative estimate of drug-likeness (QED) is 0.472. The van der Waals surface area contributed by atoms with Crippen LogP contribution in [-0.4, -0.2) is 44.7 Å². The Bertz CT molecular complexity index is 1550. The van der Waals surface area contributed by atoms with E-state index < -0.39 is 23.5 Å². The van der Waals surface area contributed by atoms with Crippen molar-refractivity contribution in [2.75, 3.05) is 39.2 Å². The Labute approximate surface area is 222 Å². The van der Waals surface area contributed by atoms with Gasteiger partial charge in [-0.25, -0.2) is 4.39 Å². The van der Waals surface area contributed by atoms with Gasteiger partial charge in [-0.1, -0.05) is 12.1 Å². The first-order valence-corrected chi connectivity index (χ1v) is 12.5. The molecule has 39 heavy (non-hydrogen) atoms. The molecule has 2 heterocycles. The minimum Gasteiger partial charge on any atom is -0.493 e. The Balaban J connectivity index is 1.36. The summed E-state index contributed by atoms with van der Waals surface area (Å²) in [7, 11) is 3.20. The molecule has 3 aromatic rings. The topological polar surface area (TPSA) is 63.2 Å². The number of hydrogen-bond acceptors (Lipinski definition) is 5. The molecule has 3 aromatic carbocycles. The number of halogens is 4.